The average Bonchev–Trinajstić information content (AvgIpc) is 2.26. The monoisotopic (exact) mass is 315 g/mol. The summed E-state index contributed by atoms with van der Waals surface area (Å²) in [6.07, 6.45) is 2.02. The van der Waals surface area contributed by atoms with E-state index in [1.165, 1.54) is 18.2 Å². The number of halogens is 2. The van der Waals surface area contributed by atoms with Crippen LogP contribution in [-0.4, -0.2) is 11.9 Å². The van der Waals surface area contributed by atoms with E-state index < -0.39 is 0 Å². The van der Waals surface area contributed by atoms with Crippen LogP contribution in [0.15, 0.2) is 22.7 Å². The lowest BCUT2D eigenvalue weighted by Crippen LogP contribution is -2.33. The lowest BCUT2D eigenvalue weighted by molar-refractivity contribution is 0.0936. The van der Waals surface area contributed by atoms with Gasteiger partial charge in [-0.1, -0.05) is 13.8 Å². The minimum atomic E-state index is -0.355. The smallest absolute Gasteiger partial charge is 0.252 e. The SMILES string of the molecule is CC(C)CCC(C)NC(=O)c1ccc(F)cc1Br. The first kappa shape index (κ1) is 15.2. The molecule has 0 saturated carbocycles. The first-order valence-corrected chi connectivity index (χ1v) is 6.95. The van der Waals surface area contributed by atoms with E-state index in [2.05, 4.69) is 35.1 Å². The average molecular weight is 316 g/mol. The van der Waals surface area contributed by atoms with Crippen molar-refractivity contribution < 1.29 is 9.18 Å². The van der Waals surface area contributed by atoms with Gasteiger partial charge in [-0.25, -0.2) is 4.39 Å². The van der Waals surface area contributed by atoms with Gasteiger partial charge in [0.2, 0.25) is 0 Å². The molecule has 0 heterocycles. The van der Waals surface area contributed by atoms with Crippen molar-refractivity contribution in [3.05, 3.63) is 34.1 Å². The summed E-state index contributed by atoms with van der Waals surface area (Å²) in [5.74, 6) is 0.103. The topological polar surface area (TPSA) is 29.1 Å². The third kappa shape index (κ3) is 4.77. The Hall–Kier alpha value is -0.900. The molecule has 0 spiro atoms. The lowest BCUT2D eigenvalue weighted by Gasteiger charge is -2.15. The summed E-state index contributed by atoms with van der Waals surface area (Å²) in [6.45, 7) is 6.30. The van der Waals surface area contributed by atoms with Crippen LogP contribution >= 0.6 is 15.9 Å². The van der Waals surface area contributed by atoms with Crippen LogP contribution in [0.4, 0.5) is 4.39 Å². The molecule has 1 N–H and O–H groups in total. The largest absolute Gasteiger partial charge is 0.350 e. The van der Waals surface area contributed by atoms with Gasteiger partial charge in [0.25, 0.3) is 5.91 Å². The molecule has 0 aliphatic carbocycles. The molecule has 0 aliphatic rings. The minimum absolute atomic E-state index is 0.122. The third-order valence-electron chi connectivity index (χ3n) is 2.73. The molecule has 4 heteroatoms. The van der Waals surface area contributed by atoms with E-state index in [1.54, 1.807) is 0 Å². The molecule has 0 bridgehead atoms. The molecule has 0 aromatic heterocycles. The second-order valence-corrected chi connectivity index (χ2v) is 5.82. The second-order valence-electron chi connectivity index (χ2n) is 4.97. The third-order valence-corrected chi connectivity index (χ3v) is 3.39. The maximum absolute atomic E-state index is 12.9. The molecule has 1 unspecified atom stereocenters. The van der Waals surface area contributed by atoms with Gasteiger partial charge in [-0.05, 0) is 59.8 Å². The van der Waals surface area contributed by atoms with Crippen molar-refractivity contribution in [3.8, 4) is 0 Å². The molecule has 0 fully saturated rings. The summed E-state index contributed by atoms with van der Waals surface area (Å²) in [5.41, 5.74) is 0.466. The number of hydrogen-bond acceptors (Lipinski definition) is 1. The molecule has 0 aliphatic heterocycles. The number of carbonyl (C=O) groups is 1. The van der Waals surface area contributed by atoms with Gasteiger partial charge in [-0.15, -0.1) is 0 Å². The molecule has 0 saturated heterocycles. The maximum atomic E-state index is 12.9. The Morgan fingerprint density at radius 3 is 2.56 bits per heavy atom. The van der Waals surface area contributed by atoms with E-state index in [9.17, 15) is 9.18 Å². The van der Waals surface area contributed by atoms with Crippen LogP contribution in [0.5, 0.6) is 0 Å². The van der Waals surface area contributed by atoms with E-state index in [1.807, 2.05) is 6.92 Å². The fourth-order valence-corrected chi connectivity index (χ4v) is 2.16. The fourth-order valence-electron chi connectivity index (χ4n) is 1.63. The fraction of sp³-hybridized carbons (Fsp3) is 0.500. The van der Waals surface area contributed by atoms with Gasteiger partial charge < -0.3 is 5.32 Å². The lowest BCUT2D eigenvalue weighted by atomic mass is 10.0. The Kier molecular flexibility index (Phi) is 5.79. The van der Waals surface area contributed by atoms with E-state index in [4.69, 9.17) is 0 Å². The first-order chi connectivity index (χ1) is 8.40. The van der Waals surface area contributed by atoms with Gasteiger partial charge in [-0.3, -0.25) is 4.79 Å². The van der Waals surface area contributed by atoms with Crippen molar-refractivity contribution in [3.63, 3.8) is 0 Å². The summed E-state index contributed by atoms with van der Waals surface area (Å²) >= 11 is 3.20. The van der Waals surface area contributed by atoms with Crippen molar-refractivity contribution >= 4 is 21.8 Å². The zero-order chi connectivity index (χ0) is 13.7. The maximum Gasteiger partial charge on any atom is 0.252 e. The van der Waals surface area contributed by atoms with Gasteiger partial charge in [0, 0.05) is 10.5 Å². The summed E-state index contributed by atoms with van der Waals surface area (Å²) < 4.78 is 13.4. The highest BCUT2D eigenvalue weighted by Crippen LogP contribution is 2.18. The van der Waals surface area contributed by atoms with Crippen molar-refractivity contribution in [1.82, 2.24) is 5.32 Å². The summed E-state index contributed by atoms with van der Waals surface area (Å²) in [6, 6.07) is 4.20. The van der Waals surface area contributed by atoms with Crippen LogP contribution in [0.1, 0.15) is 44.0 Å². The van der Waals surface area contributed by atoms with Crippen LogP contribution < -0.4 is 5.32 Å². The van der Waals surface area contributed by atoms with E-state index in [0.717, 1.165) is 12.8 Å². The second kappa shape index (κ2) is 6.88. The quantitative estimate of drug-likeness (QED) is 0.869. The summed E-state index contributed by atoms with van der Waals surface area (Å²) in [4.78, 5) is 12.0. The Balaban J connectivity index is 2.59. The summed E-state index contributed by atoms with van der Waals surface area (Å²) in [7, 11) is 0. The van der Waals surface area contributed by atoms with Gasteiger partial charge in [0.15, 0.2) is 0 Å². The molecule has 18 heavy (non-hydrogen) atoms. The van der Waals surface area contributed by atoms with Gasteiger partial charge in [0.1, 0.15) is 5.82 Å². The molecule has 1 aromatic rings. The van der Waals surface area contributed by atoms with E-state index >= 15 is 0 Å². The Bertz CT molecular complexity index is 420. The Morgan fingerprint density at radius 1 is 1.33 bits per heavy atom. The van der Waals surface area contributed by atoms with E-state index in [0.29, 0.717) is 16.0 Å². The van der Waals surface area contributed by atoms with Crippen molar-refractivity contribution in [2.75, 3.05) is 0 Å². The molecule has 1 amide bonds. The van der Waals surface area contributed by atoms with Crippen molar-refractivity contribution in [2.24, 2.45) is 5.92 Å². The van der Waals surface area contributed by atoms with Crippen molar-refractivity contribution in [2.45, 2.75) is 39.7 Å². The molecule has 0 radical (unpaired) electrons. The molecule has 100 valence electrons. The number of hydrogen-bond donors (Lipinski definition) is 1. The number of nitrogens with one attached hydrogen (secondary N) is 1. The number of carbonyl (C=O) groups excluding carboxylic acids is 1. The van der Waals surface area contributed by atoms with Crippen LogP contribution in [0, 0.1) is 11.7 Å². The Labute approximate surface area is 116 Å². The predicted molar refractivity (Wildman–Crippen MR) is 75.1 cm³/mol. The number of rotatable bonds is 5. The van der Waals surface area contributed by atoms with Gasteiger partial charge in [-0.2, -0.15) is 0 Å². The molecule has 1 aromatic carbocycles. The van der Waals surface area contributed by atoms with Gasteiger partial charge in [0.05, 0.1) is 5.56 Å². The predicted octanol–water partition coefficient (Wildman–Crippen LogP) is 4.14. The van der Waals surface area contributed by atoms with Crippen LogP contribution in [-0.2, 0) is 0 Å². The molecular formula is C14H19BrFNO. The van der Waals surface area contributed by atoms with E-state index in [-0.39, 0.29) is 17.8 Å². The molecular weight excluding hydrogens is 297 g/mol. The first-order valence-electron chi connectivity index (χ1n) is 6.16. The Morgan fingerprint density at radius 2 is 2.00 bits per heavy atom. The highest BCUT2D eigenvalue weighted by molar-refractivity contribution is 9.10. The van der Waals surface area contributed by atoms with Crippen molar-refractivity contribution in [1.29, 1.82) is 0 Å². The number of benzene rings is 1. The highest BCUT2D eigenvalue weighted by atomic mass is 79.9. The molecule has 1 atom stereocenters. The highest BCUT2D eigenvalue weighted by Gasteiger charge is 2.13. The summed E-state index contributed by atoms with van der Waals surface area (Å²) in [5, 5.41) is 2.92. The normalized spacial score (nSPS) is 12.6. The molecule has 2 nitrogen and oxygen atoms in total. The zero-order valence-corrected chi connectivity index (χ0v) is 12.6. The van der Waals surface area contributed by atoms with Crippen LogP contribution in [0.25, 0.3) is 0 Å². The molecule has 1 rings (SSSR count). The van der Waals surface area contributed by atoms with Crippen LogP contribution in [0.3, 0.4) is 0 Å². The van der Waals surface area contributed by atoms with Crippen LogP contribution in [0.2, 0.25) is 0 Å². The number of amides is 1. The minimum Gasteiger partial charge on any atom is -0.350 e. The van der Waals surface area contributed by atoms with Gasteiger partial charge >= 0.3 is 0 Å². The standard InChI is InChI=1S/C14H19BrFNO/c1-9(2)4-5-10(3)17-14(18)12-7-6-11(16)8-13(12)15/h6-10H,4-5H2,1-3H3,(H,17,18). The zero-order valence-electron chi connectivity index (χ0n) is 11.0.